The van der Waals surface area contributed by atoms with E-state index in [0.717, 1.165) is 5.56 Å². The lowest BCUT2D eigenvalue weighted by atomic mass is 9.97. The fourth-order valence-corrected chi connectivity index (χ4v) is 3.26. The Morgan fingerprint density at radius 3 is 3.05 bits per heavy atom. The Hall–Kier alpha value is -2.15. The average molecular weight is 305 g/mol. The molecule has 1 fully saturated rings. The Labute approximate surface area is 125 Å². The normalized spacial score (nSPS) is 18.7. The maximum Gasteiger partial charge on any atom is 0.308 e. The third-order valence-corrected chi connectivity index (χ3v) is 4.42. The third kappa shape index (κ3) is 2.69. The summed E-state index contributed by atoms with van der Waals surface area (Å²) in [5.41, 5.74) is 2.12. The molecule has 0 aromatic carbocycles. The van der Waals surface area contributed by atoms with E-state index in [1.165, 1.54) is 6.20 Å². The first-order valence-electron chi connectivity index (χ1n) is 6.75. The van der Waals surface area contributed by atoms with Crippen LogP contribution in [0.5, 0.6) is 0 Å². The molecule has 1 aliphatic rings. The standard InChI is InChI=1S/C14H15N3O3S/c18-13(17-4-1-2-9(7-17)14(19)20)11-6-15-16-12(11)10-3-5-21-8-10/h3,5-6,8-9H,1-2,4,7H2,(H,15,16)(H,19,20). The lowest BCUT2D eigenvalue weighted by Crippen LogP contribution is -2.42. The molecule has 3 rings (SSSR count). The fourth-order valence-electron chi connectivity index (χ4n) is 2.61. The third-order valence-electron chi connectivity index (χ3n) is 3.74. The second-order valence-corrected chi connectivity index (χ2v) is 5.88. The molecule has 7 heteroatoms. The van der Waals surface area contributed by atoms with Gasteiger partial charge in [0.15, 0.2) is 0 Å². The number of amides is 1. The second kappa shape index (κ2) is 5.69. The van der Waals surface area contributed by atoms with Gasteiger partial charge in [-0.1, -0.05) is 0 Å². The van der Waals surface area contributed by atoms with E-state index in [1.807, 2.05) is 16.8 Å². The number of carbonyl (C=O) groups is 2. The van der Waals surface area contributed by atoms with Crippen molar-refractivity contribution in [2.45, 2.75) is 12.8 Å². The number of thiophene rings is 1. The van der Waals surface area contributed by atoms with Crippen LogP contribution < -0.4 is 0 Å². The van der Waals surface area contributed by atoms with Crippen LogP contribution in [-0.2, 0) is 4.79 Å². The van der Waals surface area contributed by atoms with Crippen LogP contribution in [-0.4, -0.2) is 45.2 Å². The molecular formula is C14H15N3O3S. The van der Waals surface area contributed by atoms with E-state index in [9.17, 15) is 9.59 Å². The van der Waals surface area contributed by atoms with Crippen molar-refractivity contribution >= 4 is 23.2 Å². The number of aromatic amines is 1. The van der Waals surface area contributed by atoms with Gasteiger partial charge < -0.3 is 10.0 Å². The van der Waals surface area contributed by atoms with Crippen molar-refractivity contribution in [3.05, 3.63) is 28.6 Å². The largest absolute Gasteiger partial charge is 0.481 e. The number of aromatic nitrogens is 2. The highest BCUT2D eigenvalue weighted by molar-refractivity contribution is 7.08. The predicted molar refractivity (Wildman–Crippen MR) is 78.2 cm³/mol. The van der Waals surface area contributed by atoms with E-state index in [2.05, 4.69) is 10.2 Å². The number of hydrogen-bond donors (Lipinski definition) is 2. The van der Waals surface area contributed by atoms with Crippen molar-refractivity contribution in [2.24, 2.45) is 5.92 Å². The van der Waals surface area contributed by atoms with Crippen molar-refractivity contribution in [1.29, 1.82) is 0 Å². The Morgan fingerprint density at radius 1 is 1.48 bits per heavy atom. The van der Waals surface area contributed by atoms with E-state index in [4.69, 9.17) is 5.11 Å². The first-order valence-corrected chi connectivity index (χ1v) is 7.69. The zero-order chi connectivity index (χ0) is 14.8. The van der Waals surface area contributed by atoms with Crippen molar-refractivity contribution in [2.75, 3.05) is 13.1 Å². The van der Waals surface area contributed by atoms with Crippen molar-refractivity contribution in [3.8, 4) is 11.3 Å². The Morgan fingerprint density at radius 2 is 2.33 bits per heavy atom. The zero-order valence-electron chi connectivity index (χ0n) is 11.3. The lowest BCUT2D eigenvalue weighted by molar-refractivity contribution is -0.143. The van der Waals surface area contributed by atoms with Gasteiger partial charge >= 0.3 is 5.97 Å². The number of piperidine rings is 1. The molecule has 0 saturated carbocycles. The fraction of sp³-hybridized carbons (Fsp3) is 0.357. The summed E-state index contributed by atoms with van der Waals surface area (Å²) in [4.78, 5) is 25.3. The topological polar surface area (TPSA) is 86.3 Å². The molecule has 1 unspecified atom stereocenters. The van der Waals surface area contributed by atoms with E-state index >= 15 is 0 Å². The summed E-state index contributed by atoms with van der Waals surface area (Å²) in [6, 6.07) is 1.92. The van der Waals surface area contributed by atoms with Gasteiger partial charge in [0.05, 0.1) is 23.4 Å². The van der Waals surface area contributed by atoms with Crippen LogP contribution in [0.15, 0.2) is 23.0 Å². The number of H-pyrrole nitrogens is 1. The highest BCUT2D eigenvalue weighted by Gasteiger charge is 2.30. The molecule has 0 aliphatic carbocycles. The summed E-state index contributed by atoms with van der Waals surface area (Å²) in [6.45, 7) is 0.860. The quantitative estimate of drug-likeness (QED) is 0.909. The monoisotopic (exact) mass is 305 g/mol. The number of nitrogens with zero attached hydrogens (tertiary/aromatic N) is 2. The first-order chi connectivity index (χ1) is 10.2. The molecule has 0 spiro atoms. The zero-order valence-corrected chi connectivity index (χ0v) is 12.1. The lowest BCUT2D eigenvalue weighted by Gasteiger charge is -2.30. The van der Waals surface area contributed by atoms with Crippen LogP contribution in [0.25, 0.3) is 11.3 Å². The minimum atomic E-state index is -0.835. The summed E-state index contributed by atoms with van der Waals surface area (Å²) < 4.78 is 0. The molecule has 0 radical (unpaired) electrons. The smallest absolute Gasteiger partial charge is 0.308 e. The Kier molecular flexibility index (Phi) is 3.74. The molecule has 0 bridgehead atoms. The van der Waals surface area contributed by atoms with Crippen LogP contribution in [0.3, 0.4) is 0 Å². The summed E-state index contributed by atoms with van der Waals surface area (Å²) in [5, 5.41) is 19.8. The number of carboxylic acid groups (broad SMARTS) is 1. The van der Waals surface area contributed by atoms with E-state index in [-0.39, 0.29) is 12.5 Å². The minimum Gasteiger partial charge on any atom is -0.481 e. The molecule has 21 heavy (non-hydrogen) atoms. The number of aliphatic carboxylic acids is 1. The van der Waals surface area contributed by atoms with Gasteiger partial charge in [0.25, 0.3) is 5.91 Å². The number of carboxylic acids is 1. The Balaban J connectivity index is 1.83. The molecular weight excluding hydrogens is 290 g/mol. The van der Waals surface area contributed by atoms with Gasteiger partial charge in [-0.15, -0.1) is 0 Å². The van der Waals surface area contributed by atoms with Crippen LogP contribution in [0.1, 0.15) is 23.2 Å². The van der Waals surface area contributed by atoms with Gasteiger partial charge in [-0.25, -0.2) is 0 Å². The predicted octanol–water partition coefficient (Wildman–Crippen LogP) is 2.08. The minimum absolute atomic E-state index is 0.157. The second-order valence-electron chi connectivity index (χ2n) is 5.10. The summed E-state index contributed by atoms with van der Waals surface area (Å²) >= 11 is 1.55. The van der Waals surface area contributed by atoms with Gasteiger partial charge in [-0.3, -0.25) is 14.7 Å². The van der Waals surface area contributed by atoms with E-state index < -0.39 is 11.9 Å². The van der Waals surface area contributed by atoms with Crippen LogP contribution in [0.4, 0.5) is 0 Å². The van der Waals surface area contributed by atoms with Gasteiger partial charge in [-0.05, 0) is 24.3 Å². The molecule has 1 amide bonds. The van der Waals surface area contributed by atoms with Crippen LogP contribution in [0.2, 0.25) is 0 Å². The maximum atomic E-state index is 12.6. The van der Waals surface area contributed by atoms with Crippen molar-refractivity contribution < 1.29 is 14.7 Å². The first kappa shape index (κ1) is 13.8. The average Bonchev–Trinajstić information content (AvgIpc) is 3.17. The number of carbonyl (C=O) groups excluding carboxylic acids is 1. The van der Waals surface area contributed by atoms with Gasteiger partial charge in [0.1, 0.15) is 0 Å². The highest BCUT2D eigenvalue weighted by atomic mass is 32.1. The maximum absolute atomic E-state index is 12.6. The summed E-state index contributed by atoms with van der Waals surface area (Å²) in [7, 11) is 0. The summed E-state index contributed by atoms with van der Waals surface area (Å²) in [6.07, 6.45) is 2.86. The number of likely N-dealkylation sites (tertiary alicyclic amines) is 1. The SMILES string of the molecule is O=C(O)C1CCCN(C(=O)c2cn[nH]c2-c2ccsc2)C1. The number of rotatable bonds is 3. The Bertz CT molecular complexity index is 650. The number of nitrogens with one attached hydrogen (secondary N) is 1. The van der Waals surface area contributed by atoms with Crippen LogP contribution >= 0.6 is 11.3 Å². The number of hydrogen-bond acceptors (Lipinski definition) is 4. The molecule has 3 heterocycles. The molecule has 2 aromatic rings. The molecule has 2 aromatic heterocycles. The van der Waals surface area contributed by atoms with Crippen molar-refractivity contribution in [1.82, 2.24) is 15.1 Å². The van der Waals surface area contributed by atoms with Gasteiger partial charge in [0.2, 0.25) is 0 Å². The molecule has 110 valence electrons. The van der Waals surface area contributed by atoms with Gasteiger partial charge in [-0.2, -0.15) is 16.4 Å². The van der Waals surface area contributed by atoms with Crippen molar-refractivity contribution in [3.63, 3.8) is 0 Å². The highest BCUT2D eigenvalue weighted by Crippen LogP contribution is 2.26. The van der Waals surface area contributed by atoms with Gasteiger partial charge in [0, 0.05) is 24.0 Å². The summed E-state index contributed by atoms with van der Waals surface area (Å²) in [5.74, 6) is -1.46. The molecule has 1 aliphatic heterocycles. The molecule has 1 atom stereocenters. The molecule has 1 saturated heterocycles. The van der Waals surface area contributed by atoms with E-state index in [0.29, 0.717) is 30.6 Å². The van der Waals surface area contributed by atoms with Crippen LogP contribution in [0, 0.1) is 5.92 Å². The van der Waals surface area contributed by atoms with E-state index in [1.54, 1.807) is 16.2 Å². The molecule has 6 nitrogen and oxygen atoms in total. The molecule has 2 N–H and O–H groups in total.